The molecule has 0 aromatic rings. The highest BCUT2D eigenvalue weighted by atomic mass is 32.2. The first-order chi connectivity index (χ1) is 24.5. The maximum absolute atomic E-state index is 12.6. The minimum absolute atomic E-state index is 0.165. The van der Waals surface area contributed by atoms with Gasteiger partial charge in [-0.1, -0.05) is 122 Å². The van der Waals surface area contributed by atoms with Gasteiger partial charge in [0, 0.05) is 12.8 Å². The fraction of sp³-hybridized carbons (Fsp3) is 0.895. The highest BCUT2D eigenvalue weighted by Gasteiger charge is 2.46. The van der Waals surface area contributed by atoms with Crippen LogP contribution in [0, 0.1) is 0 Å². The van der Waals surface area contributed by atoms with Gasteiger partial charge in [-0.15, -0.1) is 0 Å². The number of ether oxygens (including phenoxy) is 4. The molecule has 1 saturated heterocycles. The standard InChI is InChI=1S/C38H70O12S/c1-3-5-7-9-11-13-14-15-16-17-18-19-21-22-24-26-33(39)47-28-31(49-34(40)27-25-23-20-12-10-8-6-4-2)29-48-38-37(43)36(42)35(41)32(50-38)30-51(44,45)46/h15-16,31-32,35-38,41-43H,3-14,17-30H2,1-2H3,(H,44,45,46)/b16-15+/t31-,32-,35-,36?,37?,38+/m1/s1. The summed E-state index contributed by atoms with van der Waals surface area (Å²) in [5.41, 5.74) is 0. The molecule has 1 fully saturated rings. The Morgan fingerprint density at radius 2 is 1.12 bits per heavy atom. The van der Waals surface area contributed by atoms with Gasteiger partial charge in [-0.2, -0.15) is 8.42 Å². The Bertz CT molecular complexity index is 1020. The van der Waals surface area contributed by atoms with E-state index in [2.05, 4.69) is 26.0 Å². The van der Waals surface area contributed by atoms with Crippen LogP contribution >= 0.6 is 0 Å². The van der Waals surface area contributed by atoms with Crippen LogP contribution in [0.3, 0.4) is 0 Å². The number of aliphatic hydroxyl groups excluding tert-OH is 3. The summed E-state index contributed by atoms with van der Waals surface area (Å²) in [7, 11) is -4.59. The van der Waals surface area contributed by atoms with Crippen LogP contribution in [-0.4, -0.2) is 96.0 Å². The lowest BCUT2D eigenvalue weighted by atomic mass is 10.00. The largest absolute Gasteiger partial charge is 0.462 e. The minimum atomic E-state index is -4.59. The van der Waals surface area contributed by atoms with Crippen LogP contribution in [0.1, 0.15) is 162 Å². The number of allylic oxidation sites excluding steroid dienone is 2. The molecule has 0 spiro atoms. The summed E-state index contributed by atoms with van der Waals surface area (Å²) < 4.78 is 53.7. The third-order valence-corrected chi connectivity index (χ3v) is 9.85. The van der Waals surface area contributed by atoms with E-state index in [1.54, 1.807) is 0 Å². The SMILES string of the molecule is CCCCCCCC/C=C/CCCCCCCC(=O)OC[C@H](CO[C@H]1O[C@H](CS(=O)(=O)O)[C@@H](O)C(O)C1O)OC(=O)CCCCCCCCCC. The van der Waals surface area contributed by atoms with Gasteiger partial charge in [0.25, 0.3) is 10.1 Å². The Hall–Kier alpha value is -1.61. The van der Waals surface area contributed by atoms with Gasteiger partial charge in [0.1, 0.15) is 36.8 Å². The lowest BCUT2D eigenvalue weighted by molar-refractivity contribution is -0.297. The molecule has 0 aliphatic carbocycles. The molecule has 51 heavy (non-hydrogen) atoms. The Balaban J connectivity index is 2.48. The minimum Gasteiger partial charge on any atom is -0.462 e. The molecule has 0 amide bonds. The van der Waals surface area contributed by atoms with Crippen LogP contribution in [-0.2, 0) is 38.7 Å². The molecular formula is C38H70O12S. The molecule has 0 aromatic carbocycles. The van der Waals surface area contributed by atoms with Crippen LogP contribution in [0.4, 0.5) is 0 Å². The van der Waals surface area contributed by atoms with E-state index in [-0.39, 0.29) is 19.4 Å². The summed E-state index contributed by atoms with van der Waals surface area (Å²) in [6.45, 7) is 3.68. The number of unbranched alkanes of at least 4 members (excludes halogenated alkanes) is 18. The summed E-state index contributed by atoms with van der Waals surface area (Å²) in [6, 6.07) is 0. The molecule has 300 valence electrons. The van der Waals surface area contributed by atoms with Gasteiger partial charge in [-0.25, -0.2) is 0 Å². The number of hydrogen-bond donors (Lipinski definition) is 4. The van der Waals surface area contributed by atoms with Crippen molar-refractivity contribution in [2.24, 2.45) is 0 Å². The Morgan fingerprint density at radius 3 is 1.63 bits per heavy atom. The van der Waals surface area contributed by atoms with E-state index in [9.17, 15) is 37.9 Å². The van der Waals surface area contributed by atoms with E-state index >= 15 is 0 Å². The van der Waals surface area contributed by atoms with Gasteiger partial charge in [0.15, 0.2) is 12.4 Å². The molecule has 1 aliphatic heterocycles. The van der Waals surface area contributed by atoms with Crippen molar-refractivity contribution >= 4 is 22.1 Å². The summed E-state index contributed by atoms with van der Waals surface area (Å²) in [5, 5.41) is 30.7. The van der Waals surface area contributed by atoms with Crippen molar-refractivity contribution in [3.63, 3.8) is 0 Å². The molecular weight excluding hydrogens is 680 g/mol. The first-order valence-electron chi connectivity index (χ1n) is 19.7. The quantitative estimate of drug-likeness (QED) is 0.0247. The maximum atomic E-state index is 12.6. The van der Waals surface area contributed by atoms with E-state index in [4.69, 9.17) is 18.9 Å². The van der Waals surface area contributed by atoms with Crippen LogP contribution in [0.15, 0.2) is 12.2 Å². The number of aliphatic hydroxyl groups is 3. The smallest absolute Gasteiger partial charge is 0.306 e. The summed E-state index contributed by atoms with van der Waals surface area (Å²) in [6.07, 6.45) is 18.6. The molecule has 13 heteroatoms. The third-order valence-electron chi connectivity index (χ3n) is 9.10. The predicted molar refractivity (Wildman–Crippen MR) is 197 cm³/mol. The molecule has 1 heterocycles. The van der Waals surface area contributed by atoms with Crippen molar-refractivity contribution in [2.75, 3.05) is 19.0 Å². The summed E-state index contributed by atoms with van der Waals surface area (Å²) >= 11 is 0. The molecule has 1 rings (SSSR count). The second-order valence-corrected chi connectivity index (χ2v) is 15.4. The predicted octanol–water partition coefficient (Wildman–Crippen LogP) is 6.72. The lowest BCUT2D eigenvalue weighted by Gasteiger charge is -2.40. The number of rotatable bonds is 32. The van der Waals surface area contributed by atoms with Gasteiger partial charge in [0.2, 0.25) is 0 Å². The van der Waals surface area contributed by atoms with Crippen LogP contribution in [0.5, 0.6) is 0 Å². The Morgan fingerprint density at radius 1 is 0.647 bits per heavy atom. The molecule has 0 radical (unpaired) electrons. The van der Waals surface area contributed by atoms with Crippen LogP contribution < -0.4 is 0 Å². The maximum Gasteiger partial charge on any atom is 0.306 e. The third kappa shape index (κ3) is 25.1. The summed E-state index contributed by atoms with van der Waals surface area (Å²) in [4.78, 5) is 25.1. The fourth-order valence-corrected chi connectivity index (χ4v) is 6.65. The second-order valence-electron chi connectivity index (χ2n) is 14.0. The van der Waals surface area contributed by atoms with Crippen molar-refractivity contribution in [3.05, 3.63) is 12.2 Å². The van der Waals surface area contributed by atoms with E-state index in [0.29, 0.717) is 12.8 Å². The second kappa shape index (κ2) is 29.8. The fourth-order valence-electron chi connectivity index (χ4n) is 5.96. The molecule has 12 nitrogen and oxygen atoms in total. The Kier molecular flexibility index (Phi) is 27.7. The molecule has 4 N–H and O–H groups in total. The normalized spacial score (nSPS) is 21.6. The van der Waals surface area contributed by atoms with Crippen molar-refractivity contribution < 1.29 is 56.8 Å². The van der Waals surface area contributed by atoms with Crippen molar-refractivity contribution in [3.8, 4) is 0 Å². The summed E-state index contributed by atoms with van der Waals surface area (Å²) in [5.74, 6) is -1.99. The first kappa shape index (κ1) is 47.4. The number of carbonyl (C=O) groups excluding carboxylic acids is 2. The zero-order valence-corrected chi connectivity index (χ0v) is 32.3. The van der Waals surface area contributed by atoms with Crippen molar-refractivity contribution in [1.29, 1.82) is 0 Å². The molecule has 6 atom stereocenters. The van der Waals surface area contributed by atoms with E-state index < -0.39 is 71.2 Å². The van der Waals surface area contributed by atoms with Crippen LogP contribution in [0.2, 0.25) is 0 Å². The molecule has 0 bridgehead atoms. The van der Waals surface area contributed by atoms with Gasteiger partial charge < -0.3 is 34.3 Å². The zero-order valence-electron chi connectivity index (χ0n) is 31.5. The topological polar surface area (TPSA) is 186 Å². The van der Waals surface area contributed by atoms with Crippen LogP contribution in [0.25, 0.3) is 0 Å². The monoisotopic (exact) mass is 750 g/mol. The molecule has 0 aromatic heterocycles. The van der Waals surface area contributed by atoms with E-state index in [1.165, 1.54) is 64.2 Å². The van der Waals surface area contributed by atoms with Gasteiger partial charge in [0.05, 0.1) is 6.61 Å². The average Bonchev–Trinajstić information content (AvgIpc) is 3.09. The average molecular weight is 751 g/mol. The van der Waals surface area contributed by atoms with Gasteiger partial charge >= 0.3 is 11.9 Å². The van der Waals surface area contributed by atoms with Gasteiger partial charge in [-0.05, 0) is 38.5 Å². The molecule has 0 saturated carbocycles. The Labute approximate surface area is 307 Å². The van der Waals surface area contributed by atoms with E-state index in [0.717, 1.165) is 57.8 Å². The van der Waals surface area contributed by atoms with Crippen molar-refractivity contribution in [1.82, 2.24) is 0 Å². The van der Waals surface area contributed by atoms with Gasteiger partial charge in [-0.3, -0.25) is 14.1 Å². The van der Waals surface area contributed by atoms with Crippen molar-refractivity contribution in [2.45, 2.75) is 198 Å². The van der Waals surface area contributed by atoms with E-state index in [1.807, 2.05) is 0 Å². The number of hydrogen-bond acceptors (Lipinski definition) is 11. The molecule has 2 unspecified atom stereocenters. The lowest BCUT2D eigenvalue weighted by Crippen LogP contribution is -2.60. The first-order valence-corrected chi connectivity index (χ1v) is 21.4. The highest BCUT2D eigenvalue weighted by molar-refractivity contribution is 7.85. The zero-order chi connectivity index (χ0) is 37.7. The highest BCUT2D eigenvalue weighted by Crippen LogP contribution is 2.24. The molecule has 1 aliphatic rings. The number of carbonyl (C=O) groups is 2. The number of esters is 2.